The molecule has 4 nitrogen and oxygen atoms in total. The Hall–Kier alpha value is -3.92. The maximum atomic E-state index is 4.90. The summed E-state index contributed by atoms with van der Waals surface area (Å²) in [5, 5.41) is 0. The van der Waals surface area contributed by atoms with Crippen molar-refractivity contribution in [2.45, 2.75) is 65.0 Å². The van der Waals surface area contributed by atoms with Gasteiger partial charge in [-0.25, -0.2) is 9.97 Å². The lowest BCUT2D eigenvalue weighted by Gasteiger charge is -2.49. The van der Waals surface area contributed by atoms with Crippen LogP contribution in [0.4, 0.5) is 23.0 Å². The van der Waals surface area contributed by atoms with Gasteiger partial charge in [0.1, 0.15) is 6.17 Å². The molecule has 0 N–H and O–H groups in total. The molecule has 4 heteroatoms. The first-order valence-electron chi connectivity index (χ1n) is 14.0. The van der Waals surface area contributed by atoms with E-state index >= 15 is 0 Å². The number of aryl methyl sites for hydroxylation is 2. The molecule has 0 fully saturated rings. The van der Waals surface area contributed by atoms with Gasteiger partial charge in [-0.2, -0.15) is 0 Å². The van der Waals surface area contributed by atoms with Gasteiger partial charge in [0, 0.05) is 29.2 Å². The minimum absolute atomic E-state index is 0.0930. The van der Waals surface area contributed by atoms with Crippen LogP contribution in [0.5, 0.6) is 0 Å². The lowest BCUT2D eigenvalue weighted by molar-refractivity contribution is 0.425. The number of nitrogens with zero attached hydrogens (tertiary/aromatic N) is 4. The minimum Gasteiger partial charge on any atom is -0.298 e. The number of fused-ring (bicyclic) bond motifs is 5. The van der Waals surface area contributed by atoms with Gasteiger partial charge in [-0.05, 0) is 77.3 Å². The maximum absolute atomic E-state index is 4.90. The molecule has 2 aliphatic rings. The monoisotopic (exact) mass is 500 g/mol. The molecule has 0 saturated carbocycles. The highest BCUT2D eigenvalue weighted by atomic mass is 15.5. The van der Waals surface area contributed by atoms with E-state index in [-0.39, 0.29) is 11.6 Å². The number of hydrogen-bond acceptors (Lipinski definition) is 4. The van der Waals surface area contributed by atoms with E-state index in [1.165, 1.54) is 39.1 Å². The molecular formula is C34H36N4. The summed E-state index contributed by atoms with van der Waals surface area (Å²) in [4.78, 5) is 14.5. The van der Waals surface area contributed by atoms with E-state index in [9.17, 15) is 0 Å². The van der Waals surface area contributed by atoms with Crippen LogP contribution < -0.4 is 9.80 Å². The molecule has 1 atom stereocenters. The van der Waals surface area contributed by atoms with Gasteiger partial charge in [0.05, 0.1) is 0 Å². The minimum atomic E-state index is -0.137. The van der Waals surface area contributed by atoms with Crippen LogP contribution in [0.2, 0.25) is 0 Å². The predicted molar refractivity (Wildman–Crippen MR) is 159 cm³/mol. The smallest absolute Gasteiger partial charge is 0.178 e. The standard InChI is InChI=1S/C34H36N4/c1-6-24-14-13-15-25(7-2)30(24)26-18-19-28-29(22-26)38-32-31(35-20-21-36-32)37(27-16-11-10-12-17-27)33(38)23(5)34(28,8-3)9-4/h10-22,33H,5-9H2,1-4H3. The Balaban J connectivity index is 1.65. The molecule has 192 valence electrons. The fraction of sp³-hybridized carbons (Fsp3) is 0.294. The highest BCUT2D eigenvalue weighted by Crippen LogP contribution is 2.58. The number of anilines is 4. The number of rotatable bonds is 6. The second-order valence-electron chi connectivity index (χ2n) is 10.4. The summed E-state index contributed by atoms with van der Waals surface area (Å²) in [6.45, 7) is 13.9. The van der Waals surface area contributed by atoms with Crippen LogP contribution in [0.15, 0.2) is 91.3 Å². The molecule has 2 aliphatic heterocycles. The van der Waals surface area contributed by atoms with Crippen LogP contribution in [-0.4, -0.2) is 16.1 Å². The Morgan fingerprint density at radius 2 is 1.39 bits per heavy atom. The average molecular weight is 501 g/mol. The lowest BCUT2D eigenvalue weighted by atomic mass is 9.66. The summed E-state index contributed by atoms with van der Waals surface area (Å²) in [5.74, 6) is 1.77. The molecule has 0 amide bonds. The summed E-state index contributed by atoms with van der Waals surface area (Å²) in [7, 11) is 0. The third kappa shape index (κ3) is 3.36. The Bertz CT molecular complexity index is 1480. The van der Waals surface area contributed by atoms with Gasteiger partial charge < -0.3 is 0 Å². The molecule has 4 aromatic rings. The van der Waals surface area contributed by atoms with E-state index in [1.807, 2.05) is 0 Å². The van der Waals surface area contributed by atoms with E-state index in [2.05, 4.69) is 104 Å². The first-order valence-corrected chi connectivity index (χ1v) is 14.0. The van der Waals surface area contributed by atoms with Crippen LogP contribution in [0.1, 0.15) is 57.2 Å². The molecule has 0 aliphatic carbocycles. The normalized spacial score (nSPS) is 17.3. The summed E-state index contributed by atoms with van der Waals surface area (Å²) in [6, 6.07) is 24.4. The van der Waals surface area contributed by atoms with Gasteiger partial charge in [0.15, 0.2) is 11.6 Å². The van der Waals surface area contributed by atoms with Crippen molar-refractivity contribution in [1.29, 1.82) is 0 Å². The maximum Gasteiger partial charge on any atom is 0.178 e. The summed E-state index contributed by atoms with van der Waals surface area (Å²) in [6.07, 6.45) is 7.51. The summed E-state index contributed by atoms with van der Waals surface area (Å²) in [5.41, 5.74) is 10.2. The van der Waals surface area contributed by atoms with Gasteiger partial charge >= 0.3 is 0 Å². The van der Waals surface area contributed by atoms with Gasteiger partial charge in [-0.1, -0.05) is 82.8 Å². The fourth-order valence-corrected chi connectivity index (χ4v) is 6.83. The molecular weight excluding hydrogens is 464 g/mol. The predicted octanol–water partition coefficient (Wildman–Crippen LogP) is 8.51. The Labute approximate surface area is 226 Å². The summed E-state index contributed by atoms with van der Waals surface area (Å²) >= 11 is 0. The third-order valence-electron chi connectivity index (χ3n) is 8.83. The molecule has 3 heterocycles. The molecule has 1 unspecified atom stereocenters. The molecule has 0 radical (unpaired) electrons. The number of hydrogen-bond donors (Lipinski definition) is 0. The molecule has 0 saturated heterocycles. The van der Waals surface area contributed by atoms with Crippen LogP contribution in [-0.2, 0) is 18.3 Å². The zero-order chi connectivity index (χ0) is 26.4. The molecule has 38 heavy (non-hydrogen) atoms. The molecule has 1 aromatic heterocycles. The van der Waals surface area contributed by atoms with Gasteiger partial charge in [-0.3, -0.25) is 9.80 Å². The fourth-order valence-electron chi connectivity index (χ4n) is 6.83. The van der Waals surface area contributed by atoms with Crippen molar-refractivity contribution in [1.82, 2.24) is 9.97 Å². The SMILES string of the molecule is C=C1C2N(c3ccccc3)c3nccnc3N2c2cc(-c3c(CC)cccc3CC)ccc2C1(CC)CC. The van der Waals surface area contributed by atoms with Crippen molar-refractivity contribution in [2.24, 2.45) is 0 Å². The summed E-state index contributed by atoms with van der Waals surface area (Å²) < 4.78 is 0. The zero-order valence-corrected chi connectivity index (χ0v) is 22.9. The second-order valence-corrected chi connectivity index (χ2v) is 10.4. The second kappa shape index (κ2) is 9.43. The van der Waals surface area contributed by atoms with Crippen LogP contribution in [0, 0.1) is 0 Å². The highest BCUT2D eigenvalue weighted by Gasteiger charge is 2.52. The van der Waals surface area contributed by atoms with Crippen molar-refractivity contribution in [2.75, 3.05) is 9.80 Å². The van der Waals surface area contributed by atoms with Gasteiger partial charge in [0.25, 0.3) is 0 Å². The van der Waals surface area contributed by atoms with E-state index in [0.29, 0.717) is 0 Å². The topological polar surface area (TPSA) is 32.3 Å². The van der Waals surface area contributed by atoms with Crippen molar-refractivity contribution in [3.63, 3.8) is 0 Å². The van der Waals surface area contributed by atoms with Crippen molar-refractivity contribution in [3.05, 3.63) is 108 Å². The number of benzene rings is 3. The van der Waals surface area contributed by atoms with Crippen molar-refractivity contribution in [3.8, 4) is 11.1 Å². The third-order valence-corrected chi connectivity index (χ3v) is 8.83. The van der Waals surface area contributed by atoms with Crippen LogP contribution >= 0.6 is 0 Å². The van der Waals surface area contributed by atoms with E-state index in [1.54, 1.807) is 12.4 Å². The average Bonchev–Trinajstić information content (AvgIpc) is 3.33. The Morgan fingerprint density at radius 3 is 2.00 bits per heavy atom. The quantitative estimate of drug-likeness (QED) is 0.248. The Morgan fingerprint density at radius 1 is 0.763 bits per heavy atom. The molecule has 3 aromatic carbocycles. The number of para-hydroxylation sites is 1. The molecule has 6 rings (SSSR count). The van der Waals surface area contributed by atoms with Crippen molar-refractivity contribution >= 4 is 23.0 Å². The van der Waals surface area contributed by atoms with E-state index in [4.69, 9.17) is 16.5 Å². The van der Waals surface area contributed by atoms with E-state index in [0.717, 1.165) is 43.0 Å². The Kier molecular flexibility index (Phi) is 6.06. The van der Waals surface area contributed by atoms with Crippen molar-refractivity contribution < 1.29 is 0 Å². The largest absolute Gasteiger partial charge is 0.298 e. The van der Waals surface area contributed by atoms with E-state index < -0.39 is 0 Å². The van der Waals surface area contributed by atoms with Crippen LogP contribution in [0.3, 0.4) is 0 Å². The van der Waals surface area contributed by atoms with Gasteiger partial charge in [-0.15, -0.1) is 0 Å². The zero-order valence-electron chi connectivity index (χ0n) is 22.9. The highest BCUT2D eigenvalue weighted by molar-refractivity contribution is 5.90. The first-order chi connectivity index (χ1) is 18.6. The van der Waals surface area contributed by atoms with Crippen LogP contribution in [0.25, 0.3) is 11.1 Å². The first kappa shape index (κ1) is 24.4. The molecule has 0 bridgehead atoms. The van der Waals surface area contributed by atoms with Gasteiger partial charge in [0.2, 0.25) is 0 Å². The lowest BCUT2D eigenvalue weighted by Crippen LogP contribution is -2.50. The molecule has 0 spiro atoms. The number of aromatic nitrogens is 2.